The molecule has 0 saturated heterocycles. The molecule has 2 aliphatic rings. The van der Waals surface area contributed by atoms with Gasteiger partial charge in [0.15, 0.2) is 0 Å². The van der Waals surface area contributed by atoms with Crippen LogP contribution in [0.4, 0.5) is 4.79 Å². The second kappa shape index (κ2) is 6.12. The molecule has 2 fully saturated rings. The quantitative estimate of drug-likeness (QED) is 0.824. The van der Waals surface area contributed by atoms with Crippen molar-refractivity contribution in [2.75, 3.05) is 6.54 Å². The Morgan fingerprint density at radius 2 is 1.84 bits per heavy atom. The monoisotopic (exact) mass is 268 g/mol. The summed E-state index contributed by atoms with van der Waals surface area (Å²) >= 11 is 0. The zero-order valence-corrected chi connectivity index (χ0v) is 12.5. The third-order valence-corrected chi connectivity index (χ3v) is 3.79. The molecule has 0 bridgehead atoms. The molecular weight excluding hydrogens is 240 g/mol. The Morgan fingerprint density at radius 3 is 2.47 bits per heavy atom. The lowest BCUT2D eigenvalue weighted by molar-refractivity contribution is 0.0488. The van der Waals surface area contributed by atoms with Gasteiger partial charge in [0.25, 0.3) is 0 Å². The summed E-state index contributed by atoms with van der Waals surface area (Å²) in [5, 5.41) is 6.65. The van der Waals surface area contributed by atoms with Crippen LogP contribution >= 0.6 is 0 Å². The third kappa shape index (κ3) is 5.81. The predicted octanol–water partition coefficient (Wildman–Crippen LogP) is 2.82. The molecule has 4 heteroatoms. The Morgan fingerprint density at radius 1 is 1.16 bits per heavy atom. The van der Waals surface area contributed by atoms with Gasteiger partial charge >= 0.3 is 6.09 Å². The summed E-state index contributed by atoms with van der Waals surface area (Å²) in [5.41, 5.74) is -0.414. The lowest BCUT2D eigenvalue weighted by atomic mass is 9.91. The molecule has 0 radical (unpaired) electrons. The fourth-order valence-electron chi connectivity index (χ4n) is 2.64. The van der Waals surface area contributed by atoms with E-state index in [0.717, 1.165) is 25.3 Å². The van der Waals surface area contributed by atoms with E-state index in [0.29, 0.717) is 6.04 Å². The van der Waals surface area contributed by atoms with Crippen LogP contribution in [0.2, 0.25) is 0 Å². The highest BCUT2D eigenvalue weighted by molar-refractivity contribution is 5.68. The number of alkyl carbamates (subject to hydrolysis) is 1. The standard InChI is InChI=1S/C15H28N2O2/c1-15(2,3)19-14(18)17-13-6-4-5-12(9-13)16-10-11-7-8-11/h11-13,16H,4-10H2,1-3H3,(H,17,18)/t12-,13+/m1/s1. The largest absolute Gasteiger partial charge is 0.444 e. The highest BCUT2D eigenvalue weighted by atomic mass is 16.6. The molecule has 0 heterocycles. The first-order valence-corrected chi connectivity index (χ1v) is 7.65. The van der Waals surface area contributed by atoms with Crippen molar-refractivity contribution in [1.29, 1.82) is 0 Å². The average Bonchev–Trinajstić information content (AvgIpc) is 3.07. The van der Waals surface area contributed by atoms with Crippen LogP contribution in [0.25, 0.3) is 0 Å². The van der Waals surface area contributed by atoms with Gasteiger partial charge in [0.1, 0.15) is 5.60 Å². The maximum Gasteiger partial charge on any atom is 0.407 e. The van der Waals surface area contributed by atoms with Crippen LogP contribution in [0.5, 0.6) is 0 Å². The topological polar surface area (TPSA) is 50.4 Å². The highest BCUT2D eigenvalue weighted by Gasteiger charge is 2.27. The van der Waals surface area contributed by atoms with Gasteiger partial charge in [-0.15, -0.1) is 0 Å². The van der Waals surface area contributed by atoms with E-state index in [9.17, 15) is 4.79 Å². The summed E-state index contributed by atoms with van der Waals surface area (Å²) in [7, 11) is 0. The van der Waals surface area contributed by atoms with Crippen molar-refractivity contribution in [1.82, 2.24) is 10.6 Å². The molecule has 0 aromatic heterocycles. The van der Waals surface area contributed by atoms with Crippen molar-refractivity contribution >= 4 is 6.09 Å². The van der Waals surface area contributed by atoms with Crippen molar-refractivity contribution in [2.45, 2.75) is 77.0 Å². The number of nitrogens with one attached hydrogen (secondary N) is 2. The first kappa shape index (κ1) is 14.6. The van der Waals surface area contributed by atoms with Crippen LogP contribution in [-0.4, -0.2) is 30.3 Å². The summed E-state index contributed by atoms with van der Waals surface area (Å²) in [6, 6.07) is 0.828. The molecule has 0 aliphatic heterocycles. The molecule has 19 heavy (non-hydrogen) atoms. The fraction of sp³-hybridized carbons (Fsp3) is 0.933. The van der Waals surface area contributed by atoms with Crippen LogP contribution in [0.15, 0.2) is 0 Å². The number of rotatable bonds is 4. The molecular formula is C15H28N2O2. The van der Waals surface area contributed by atoms with Gasteiger partial charge < -0.3 is 15.4 Å². The molecule has 0 unspecified atom stereocenters. The Bertz CT molecular complexity index is 308. The predicted molar refractivity (Wildman–Crippen MR) is 76.1 cm³/mol. The summed E-state index contributed by atoms with van der Waals surface area (Å²) in [5.74, 6) is 0.916. The number of carbonyl (C=O) groups is 1. The van der Waals surface area contributed by atoms with Gasteiger partial charge in [-0.25, -0.2) is 4.79 Å². The van der Waals surface area contributed by atoms with Crippen molar-refractivity contribution in [3.05, 3.63) is 0 Å². The third-order valence-electron chi connectivity index (χ3n) is 3.79. The summed E-state index contributed by atoms with van der Waals surface area (Å²) < 4.78 is 5.31. The van der Waals surface area contributed by atoms with E-state index in [-0.39, 0.29) is 12.1 Å². The smallest absolute Gasteiger partial charge is 0.407 e. The van der Waals surface area contributed by atoms with Crippen molar-refractivity contribution < 1.29 is 9.53 Å². The number of ether oxygens (including phenoxy) is 1. The number of hydrogen-bond acceptors (Lipinski definition) is 3. The summed E-state index contributed by atoms with van der Waals surface area (Å²) in [6.45, 7) is 6.85. The van der Waals surface area contributed by atoms with Crippen molar-refractivity contribution in [3.8, 4) is 0 Å². The first-order valence-electron chi connectivity index (χ1n) is 7.65. The molecule has 2 N–H and O–H groups in total. The van der Waals surface area contributed by atoms with Gasteiger partial charge in [0, 0.05) is 12.1 Å². The van der Waals surface area contributed by atoms with Gasteiger partial charge in [-0.2, -0.15) is 0 Å². The number of amides is 1. The fourth-order valence-corrected chi connectivity index (χ4v) is 2.64. The van der Waals surface area contributed by atoms with E-state index in [1.165, 1.54) is 25.7 Å². The number of hydrogen-bond donors (Lipinski definition) is 2. The van der Waals surface area contributed by atoms with Gasteiger partial charge in [0.2, 0.25) is 0 Å². The van der Waals surface area contributed by atoms with Gasteiger partial charge in [0.05, 0.1) is 0 Å². The van der Waals surface area contributed by atoms with Gasteiger partial charge in [-0.3, -0.25) is 0 Å². The molecule has 2 atom stereocenters. The van der Waals surface area contributed by atoms with E-state index in [4.69, 9.17) is 4.74 Å². The maximum atomic E-state index is 11.8. The molecule has 0 aromatic rings. The van der Waals surface area contributed by atoms with Crippen LogP contribution in [0.1, 0.15) is 59.3 Å². The zero-order valence-electron chi connectivity index (χ0n) is 12.5. The van der Waals surface area contributed by atoms with E-state index in [1.807, 2.05) is 20.8 Å². The first-order chi connectivity index (χ1) is 8.92. The van der Waals surface area contributed by atoms with Crippen LogP contribution in [0, 0.1) is 5.92 Å². The molecule has 2 aliphatic carbocycles. The van der Waals surface area contributed by atoms with Crippen molar-refractivity contribution in [2.24, 2.45) is 5.92 Å². The molecule has 0 aromatic carbocycles. The lowest BCUT2D eigenvalue weighted by Gasteiger charge is -2.31. The van der Waals surface area contributed by atoms with E-state index < -0.39 is 5.60 Å². The molecule has 0 spiro atoms. The molecule has 1 amide bonds. The molecule has 4 nitrogen and oxygen atoms in total. The minimum absolute atomic E-state index is 0.264. The SMILES string of the molecule is CC(C)(C)OC(=O)N[C@H]1CCC[C@@H](NCC2CC2)C1. The van der Waals surface area contributed by atoms with E-state index >= 15 is 0 Å². The Kier molecular flexibility index (Phi) is 4.71. The summed E-state index contributed by atoms with van der Waals surface area (Å²) in [4.78, 5) is 11.8. The van der Waals surface area contributed by atoms with Crippen molar-refractivity contribution in [3.63, 3.8) is 0 Å². The Hall–Kier alpha value is -0.770. The lowest BCUT2D eigenvalue weighted by Crippen LogP contribution is -2.46. The zero-order chi connectivity index (χ0) is 13.9. The van der Waals surface area contributed by atoms with Gasteiger partial charge in [-0.05, 0) is 71.8 Å². The molecule has 2 saturated carbocycles. The summed E-state index contributed by atoms with van der Waals surface area (Å²) in [6.07, 6.45) is 7.02. The minimum atomic E-state index is -0.414. The van der Waals surface area contributed by atoms with Crippen LogP contribution in [-0.2, 0) is 4.74 Å². The van der Waals surface area contributed by atoms with Crippen LogP contribution in [0.3, 0.4) is 0 Å². The Labute approximate surface area is 116 Å². The molecule has 110 valence electrons. The number of carbonyl (C=O) groups excluding carboxylic acids is 1. The van der Waals surface area contributed by atoms with E-state index in [2.05, 4.69) is 10.6 Å². The Balaban J connectivity index is 1.69. The minimum Gasteiger partial charge on any atom is -0.444 e. The normalized spacial score (nSPS) is 27.9. The average molecular weight is 268 g/mol. The van der Waals surface area contributed by atoms with E-state index in [1.54, 1.807) is 0 Å². The molecule has 2 rings (SSSR count). The van der Waals surface area contributed by atoms with Gasteiger partial charge in [-0.1, -0.05) is 0 Å². The maximum absolute atomic E-state index is 11.8. The second-order valence-electron chi connectivity index (χ2n) is 7.06. The highest BCUT2D eigenvalue weighted by Crippen LogP contribution is 2.28. The second-order valence-corrected chi connectivity index (χ2v) is 7.06. The van der Waals surface area contributed by atoms with Crippen LogP contribution < -0.4 is 10.6 Å².